The fraction of sp³-hybridized carbons (Fsp3) is 0.250. The van der Waals surface area contributed by atoms with Gasteiger partial charge in [0.05, 0.1) is 0 Å². The Kier molecular flexibility index (Phi) is 3.81. The van der Waals surface area contributed by atoms with Crippen LogP contribution in [0.1, 0.15) is 5.56 Å². The van der Waals surface area contributed by atoms with Crippen molar-refractivity contribution in [2.45, 2.75) is 6.42 Å². The molecule has 2 aromatic rings. The first-order valence-electron chi connectivity index (χ1n) is 6.89. The monoisotopic (exact) mass is 288 g/mol. The number of rotatable bonds is 4. The van der Waals surface area contributed by atoms with Crippen LogP contribution < -0.4 is 20.5 Å². The number of halogens is 1. The number of nitrogens with two attached hydrogens (primary N) is 1. The third kappa shape index (κ3) is 3.37. The van der Waals surface area contributed by atoms with E-state index in [-0.39, 0.29) is 5.82 Å². The quantitative estimate of drug-likeness (QED) is 0.849. The van der Waals surface area contributed by atoms with Crippen molar-refractivity contribution in [1.82, 2.24) is 0 Å². The number of fused-ring (bicyclic) bond motifs is 1. The van der Waals surface area contributed by atoms with E-state index >= 15 is 0 Å². The van der Waals surface area contributed by atoms with E-state index in [0.717, 1.165) is 23.5 Å². The van der Waals surface area contributed by atoms with Gasteiger partial charge in [0.25, 0.3) is 0 Å². The summed E-state index contributed by atoms with van der Waals surface area (Å²) >= 11 is 0. The standard InChI is InChI=1S/C16H17FN2O2/c17-12-8-13(18)10-14(9-12)19-4-3-11-1-2-15-16(7-11)21-6-5-20-15/h1-2,7-10,19H,3-6,18H2. The minimum Gasteiger partial charge on any atom is -0.486 e. The second-order valence-electron chi connectivity index (χ2n) is 4.93. The van der Waals surface area contributed by atoms with Crippen molar-refractivity contribution in [3.63, 3.8) is 0 Å². The summed E-state index contributed by atoms with van der Waals surface area (Å²) in [6.07, 6.45) is 0.799. The van der Waals surface area contributed by atoms with Gasteiger partial charge in [-0.25, -0.2) is 4.39 Å². The maximum atomic E-state index is 13.2. The number of ether oxygens (including phenoxy) is 2. The highest BCUT2D eigenvalue weighted by atomic mass is 19.1. The van der Waals surface area contributed by atoms with Crippen LogP contribution in [0.4, 0.5) is 15.8 Å². The maximum absolute atomic E-state index is 13.2. The van der Waals surface area contributed by atoms with Crippen molar-refractivity contribution < 1.29 is 13.9 Å². The van der Waals surface area contributed by atoms with Gasteiger partial charge >= 0.3 is 0 Å². The highest BCUT2D eigenvalue weighted by Gasteiger charge is 2.11. The van der Waals surface area contributed by atoms with Gasteiger partial charge in [-0.05, 0) is 42.3 Å². The first-order chi connectivity index (χ1) is 10.2. The molecule has 21 heavy (non-hydrogen) atoms. The molecule has 3 N–H and O–H groups in total. The van der Waals surface area contributed by atoms with Crippen LogP contribution in [0, 0.1) is 5.82 Å². The van der Waals surface area contributed by atoms with E-state index in [2.05, 4.69) is 5.32 Å². The molecule has 110 valence electrons. The van der Waals surface area contributed by atoms with Gasteiger partial charge in [0, 0.05) is 17.9 Å². The van der Waals surface area contributed by atoms with Crippen LogP contribution >= 0.6 is 0 Å². The lowest BCUT2D eigenvalue weighted by Gasteiger charge is -2.19. The van der Waals surface area contributed by atoms with Gasteiger partial charge in [0.2, 0.25) is 0 Å². The molecule has 0 fully saturated rings. The summed E-state index contributed by atoms with van der Waals surface area (Å²) < 4.78 is 24.2. The summed E-state index contributed by atoms with van der Waals surface area (Å²) in [4.78, 5) is 0. The normalized spacial score (nSPS) is 13.0. The zero-order valence-corrected chi connectivity index (χ0v) is 11.6. The van der Waals surface area contributed by atoms with Crippen molar-refractivity contribution in [2.24, 2.45) is 0 Å². The third-order valence-corrected chi connectivity index (χ3v) is 3.27. The van der Waals surface area contributed by atoms with Crippen LogP contribution in [0.25, 0.3) is 0 Å². The largest absolute Gasteiger partial charge is 0.486 e. The molecule has 4 nitrogen and oxygen atoms in total. The van der Waals surface area contributed by atoms with Crippen molar-refractivity contribution in [1.29, 1.82) is 0 Å². The third-order valence-electron chi connectivity index (χ3n) is 3.27. The Morgan fingerprint density at radius 1 is 1.05 bits per heavy atom. The summed E-state index contributed by atoms with van der Waals surface area (Å²) in [6, 6.07) is 10.4. The van der Waals surface area contributed by atoms with E-state index in [1.165, 1.54) is 12.1 Å². The van der Waals surface area contributed by atoms with E-state index in [1.807, 2.05) is 18.2 Å². The fourth-order valence-electron chi connectivity index (χ4n) is 2.31. The Morgan fingerprint density at radius 2 is 1.86 bits per heavy atom. The maximum Gasteiger partial charge on any atom is 0.161 e. The van der Waals surface area contributed by atoms with Crippen molar-refractivity contribution >= 4 is 11.4 Å². The molecule has 0 radical (unpaired) electrons. The van der Waals surface area contributed by atoms with Crippen LogP contribution in [0.2, 0.25) is 0 Å². The molecule has 1 aliphatic heterocycles. The summed E-state index contributed by atoms with van der Waals surface area (Å²) in [7, 11) is 0. The molecule has 0 spiro atoms. The van der Waals surface area contributed by atoms with E-state index in [4.69, 9.17) is 15.2 Å². The minimum absolute atomic E-state index is 0.336. The van der Waals surface area contributed by atoms with Gasteiger partial charge in [0.1, 0.15) is 19.0 Å². The molecule has 1 heterocycles. The first kappa shape index (κ1) is 13.5. The average Bonchev–Trinajstić information content (AvgIpc) is 2.46. The van der Waals surface area contributed by atoms with Gasteiger partial charge in [-0.1, -0.05) is 6.07 Å². The average molecular weight is 288 g/mol. The molecule has 0 aliphatic carbocycles. The second-order valence-corrected chi connectivity index (χ2v) is 4.93. The SMILES string of the molecule is Nc1cc(F)cc(NCCc2ccc3c(c2)OCCO3)c1. The number of nitrogen functional groups attached to an aromatic ring is 1. The van der Waals surface area contributed by atoms with Gasteiger partial charge in [-0.2, -0.15) is 0 Å². The lowest BCUT2D eigenvalue weighted by molar-refractivity contribution is 0.171. The molecule has 2 aromatic carbocycles. The predicted molar refractivity (Wildman–Crippen MR) is 80.4 cm³/mol. The molecule has 0 unspecified atom stereocenters. The Labute approximate surface area is 122 Å². The van der Waals surface area contributed by atoms with Crippen LogP contribution in [0.3, 0.4) is 0 Å². The van der Waals surface area contributed by atoms with E-state index in [1.54, 1.807) is 6.07 Å². The molecular weight excluding hydrogens is 271 g/mol. The number of anilines is 2. The molecule has 0 aromatic heterocycles. The molecule has 5 heteroatoms. The molecule has 0 bridgehead atoms. The van der Waals surface area contributed by atoms with Gasteiger partial charge in [-0.3, -0.25) is 0 Å². The number of hydrogen-bond acceptors (Lipinski definition) is 4. The number of benzene rings is 2. The topological polar surface area (TPSA) is 56.5 Å². The highest BCUT2D eigenvalue weighted by Crippen LogP contribution is 2.30. The van der Waals surface area contributed by atoms with Crippen LogP contribution in [-0.2, 0) is 6.42 Å². The minimum atomic E-state index is -0.336. The van der Waals surface area contributed by atoms with Crippen molar-refractivity contribution in [3.05, 3.63) is 47.8 Å². The lowest BCUT2D eigenvalue weighted by atomic mass is 10.1. The second kappa shape index (κ2) is 5.91. The Hall–Kier alpha value is -2.43. The number of hydrogen-bond donors (Lipinski definition) is 2. The highest BCUT2D eigenvalue weighted by molar-refractivity contribution is 5.54. The van der Waals surface area contributed by atoms with Gasteiger partial charge in [-0.15, -0.1) is 0 Å². The molecule has 0 saturated carbocycles. The van der Waals surface area contributed by atoms with Crippen molar-refractivity contribution in [3.8, 4) is 11.5 Å². The summed E-state index contributed by atoms with van der Waals surface area (Å²) in [5.74, 6) is 1.24. The number of nitrogens with one attached hydrogen (secondary N) is 1. The Balaban J connectivity index is 1.60. The zero-order valence-electron chi connectivity index (χ0n) is 11.6. The van der Waals surface area contributed by atoms with E-state index in [0.29, 0.717) is 31.1 Å². The first-order valence-corrected chi connectivity index (χ1v) is 6.89. The summed E-state index contributed by atoms with van der Waals surface area (Å²) in [6.45, 7) is 1.86. The molecule has 0 amide bonds. The Bertz CT molecular complexity index is 626. The van der Waals surface area contributed by atoms with E-state index in [9.17, 15) is 4.39 Å². The van der Waals surface area contributed by atoms with Gasteiger partial charge < -0.3 is 20.5 Å². The molecule has 3 rings (SSSR count). The smallest absolute Gasteiger partial charge is 0.161 e. The van der Waals surface area contributed by atoms with Crippen LogP contribution in [0.5, 0.6) is 11.5 Å². The lowest BCUT2D eigenvalue weighted by Crippen LogP contribution is -2.15. The summed E-state index contributed by atoms with van der Waals surface area (Å²) in [5, 5.41) is 3.16. The zero-order chi connectivity index (χ0) is 14.7. The van der Waals surface area contributed by atoms with Gasteiger partial charge in [0.15, 0.2) is 11.5 Å². The molecule has 1 aliphatic rings. The fourth-order valence-corrected chi connectivity index (χ4v) is 2.31. The molecule has 0 atom stereocenters. The van der Waals surface area contributed by atoms with Crippen LogP contribution in [-0.4, -0.2) is 19.8 Å². The molecule has 0 saturated heterocycles. The predicted octanol–water partition coefficient (Wildman–Crippen LogP) is 2.83. The van der Waals surface area contributed by atoms with Crippen molar-refractivity contribution in [2.75, 3.05) is 30.8 Å². The van der Waals surface area contributed by atoms with E-state index < -0.39 is 0 Å². The molecular formula is C16H17FN2O2. The summed E-state index contributed by atoms with van der Waals surface area (Å²) in [5.41, 5.74) is 7.84. The Morgan fingerprint density at radius 3 is 2.67 bits per heavy atom. The van der Waals surface area contributed by atoms with Crippen LogP contribution in [0.15, 0.2) is 36.4 Å².